The van der Waals surface area contributed by atoms with Gasteiger partial charge < -0.3 is 24.6 Å². The summed E-state index contributed by atoms with van der Waals surface area (Å²) in [5, 5.41) is 42.1. The van der Waals surface area contributed by atoms with Crippen LogP contribution >= 0.6 is 23.2 Å². The maximum Gasteiger partial charge on any atom is 0.342 e. The number of pyridine rings is 1. The number of carbonyl (C=O) groups is 1. The standard InChI is InChI=1S/C18H12Cl2N2O8/c1-2-29-18(25)14-9(8-3-12(22(27)28)16(24)13(23)4-8)7-30-17(14)15-10(19)5-21(26)6-11(15)20/h3-7,23-24H,2H2,1H3. The molecule has 0 aliphatic rings. The fourth-order valence-electron chi connectivity index (χ4n) is 2.78. The molecule has 30 heavy (non-hydrogen) atoms. The van der Waals surface area contributed by atoms with Gasteiger partial charge in [-0.05, 0) is 18.6 Å². The van der Waals surface area contributed by atoms with Gasteiger partial charge in [-0.3, -0.25) is 10.1 Å². The topological polar surface area (TPSA) is 150 Å². The minimum atomic E-state index is -0.931. The maximum atomic E-state index is 12.7. The van der Waals surface area contributed by atoms with E-state index in [0.717, 1.165) is 30.8 Å². The van der Waals surface area contributed by atoms with Crippen LogP contribution in [-0.2, 0) is 4.74 Å². The van der Waals surface area contributed by atoms with Crippen molar-refractivity contribution in [2.75, 3.05) is 6.61 Å². The Kier molecular flexibility index (Phi) is 5.72. The number of aromatic hydroxyl groups is 2. The fraction of sp³-hybridized carbons (Fsp3) is 0.111. The van der Waals surface area contributed by atoms with Gasteiger partial charge in [0.15, 0.2) is 23.9 Å². The first-order valence-electron chi connectivity index (χ1n) is 8.23. The molecule has 0 amide bonds. The Hall–Kier alpha value is -3.50. The Morgan fingerprint density at radius 1 is 1.27 bits per heavy atom. The van der Waals surface area contributed by atoms with E-state index in [1.54, 1.807) is 6.92 Å². The molecule has 0 spiro atoms. The van der Waals surface area contributed by atoms with Crippen LogP contribution in [0.1, 0.15) is 17.3 Å². The smallest absolute Gasteiger partial charge is 0.342 e. The van der Waals surface area contributed by atoms with Gasteiger partial charge in [-0.2, -0.15) is 4.73 Å². The van der Waals surface area contributed by atoms with E-state index >= 15 is 0 Å². The monoisotopic (exact) mass is 454 g/mol. The highest BCUT2D eigenvalue weighted by Crippen LogP contribution is 2.44. The van der Waals surface area contributed by atoms with Gasteiger partial charge in [-0.15, -0.1) is 0 Å². The van der Waals surface area contributed by atoms with E-state index in [0.29, 0.717) is 4.73 Å². The zero-order valence-corrected chi connectivity index (χ0v) is 16.6. The van der Waals surface area contributed by atoms with Crippen LogP contribution in [0.2, 0.25) is 10.0 Å². The highest BCUT2D eigenvalue weighted by molar-refractivity contribution is 6.39. The molecule has 0 radical (unpaired) electrons. The number of hydrogen-bond donors (Lipinski definition) is 2. The minimum Gasteiger partial charge on any atom is -0.619 e. The zero-order valence-electron chi connectivity index (χ0n) is 15.1. The van der Waals surface area contributed by atoms with E-state index in [4.69, 9.17) is 32.4 Å². The van der Waals surface area contributed by atoms with E-state index < -0.39 is 28.1 Å². The summed E-state index contributed by atoms with van der Waals surface area (Å²) in [6.07, 6.45) is 3.08. The van der Waals surface area contributed by atoms with E-state index in [2.05, 4.69) is 0 Å². The summed E-state index contributed by atoms with van der Waals surface area (Å²) in [5.74, 6) is -2.72. The van der Waals surface area contributed by atoms with Gasteiger partial charge in [0, 0.05) is 11.6 Å². The number of phenols is 2. The fourth-order valence-corrected chi connectivity index (χ4v) is 3.40. The quantitative estimate of drug-likeness (QED) is 0.146. The van der Waals surface area contributed by atoms with Crippen molar-refractivity contribution >= 4 is 34.9 Å². The molecule has 1 aromatic carbocycles. The second-order valence-electron chi connectivity index (χ2n) is 5.88. The first-order valence-corrected chi connectivity index (χ1v) is 8.98. The number of nitrogens with zero attached hydrogens (tertiary/aromatic N) is 2. The van der Waals surface area contributed by atoms with Gasteiger partial charge in [0.2, 0.25) is 5.75 Å². The molecule has 0 saturated heterocycles. The Labute approximate surface area is 178 Å². The Balaban J connectivity index is 2.32. The molecule has 0 unspecified atom stereocenters. The van der Waals surface area contributed by atoms with Crippen molar-refractivity contribution in [2.45, 2.75) is 6.92 Å². The molecule has 0 saturated carbocycles. The largest absolute Gasteiger partial charge is 0.619 e. The molecular weight excluding hydrogens is 443 g/mol. The van der Waals surface area contributed by atoms with Crippen LogP contribution in [0, 0.1) is 15.3 Å². The number of carbonyl (C=O) groups excluding carboxylic acids is 1. The van der Waals surface area contributed by atoms with E-state index in [1.807, 2.05) is 0 Å². The van der Waals surface area contributed by atoms with Crippen LogP contribution in [0.25, 0.3) is 22.5 Å². The van der Waals surface area contributed by atoms with Gasteiger partial charge in [-0.25, -0.2) is 4.79 Å². The number of halogens is 2. The SMILES string of the molecule is CCOC(=O)c1c(-c2cc(O)c(O)c([N+](=O)[O-])c2)coc1-c1c(Cl)c[n+]([O-])cc1Cl. The average Bonchev–Trinajstić information content (AvgIpc) is 3.07. The van der Waals surface area contributed by atoms with Crippen molar-refractivity contribution in [3.63, 3.8) is 0 Å². The van der Waals surface area contributed by atoms with Crippen LogP contribution in [0.15, 0.2) is 35.2 Å². The van der Waals surface area contributed by atoms with Crippen LogP contribution in [0.3, 0.4) is 0 Å². The summed E-state index contributed by atoms with van der Waals surface area (Å²) in [5.41, 5.74) is -0.961. The summed E-state index contributed by atoms with van der Waals surface area (Å²) < 4.78 is 10.9. The molecule has 156 valence electrons. The predicted octanol–water partition coefficient (Wildman–Crippen LogP) is 4.05. The lowest BCUT2D eigenvalue weighted by Crippen LogP contribution is -2.24. The van der Waals surface area contributed by atoms with Crippen molar-refractivity contribution < 1.29 is 33.8 Å². The molecule has 3 aromatic rings. The number of nitro benzene ring substituents is 1. The van der Waals surface area contributed by atoms with Crippen molar-refractivity contribution in [1.82, 2.24) is 0 Å². The second-order valence-corrected chi connectivity index (χ2v) is 6.70. The molecule has 0 fully saturated rings. The third-order valence-corrected chi connectivity index (χ3v) is 4.61. The number of benzene rings is 1. The second kappa shape index (κ2) is 8.09. The average molecular weight is 455 g/mol. The molecule has 2 aromatic heterocycles. The van der Waals surface area contributed by atoms with Gasteiger partial charge in [0.05, 0.1) is 23.4 Å². The molecule has 0 bridgehead atoms. The summed E-state index contributed by atoms with van der Waals surface area (Å²) in [6, 6.07) is 1.96. The highest BCUT2D eigenvalue weighted by atomic mass is 35.5. The zero-order chi connectivity index (χ0) is 22.2. The van der Waals surface area contributed by atoms with Gasteiger partial charge in [-0.1, -0.05) is 23.2 Å². The minimum absolute atomic E-state index is 0.000677. The summed E-state index contributed by atoms with van der Waals surface area (Å²) in [6.45, 7) is 1.57. The lowest BCUT2D eigenvalue weighted by atomic mass is 9.99. The number of aromatic nitrogens is 1. The number of ether oxygens (including phenoxy) is 1. The van der Waals surface area contributed by atoms with Crippen molar-refractivity contribution in [2.24, 2.45) is 0 Å². The number of esters is 1. The predicted molar refractivity (Wildman–Crippen MR) is 105 cm³/mol. The van der Waals surface area contributed by atoms with E-state index in [9.17, 15) is 30.3 Å². The summed E-state index contributed by atoms with van der Waals surface area (Å²) in [7, 11) is 0. The molecule has 0 aliphatic carbocycles. The first-order chi connectivity index (χ1) is 14.1. The van der Waals surface area contributed by atoms with Crippen LogP contribution in [0.5, 0.6) is 11.5 Å². The third kappa shape index (κ3) is 3.70. The number of furan rings is 1. The van der Waals surface area contributed by atoms with Crippen LogP contribution < -0.4 is 4.73 Å². The summed E-state index contributed by atoms with van der Waals surface area (Å²) >= 11 is 12.2. The van der Waals surface area contributed by atoms with Gasteiger partial charge >= 0.3 is 11.7 Å². The molecule has 0 aliphatic heterocycles. The van der Waals surface area contributed by atoms with E-state index in [-0.39, 0.29) is 44.7 Å². The molecule has 2 heterocycles. The Morgan fingerprint density at radius 2 is 1.90 bits per heavy atom. The number of nitro groups is 1. The normalized spacial score (nSPS) is 10.8. The third-order valence-electron chi connectivity index (χ3n) is 4.03. The van der Waals surface area contributed by atoms with Crippen molar-refractivity contribution in [3.8, 4) is 33.9 Å². The highest BCUT2D eigenvalue weighted by Gasteiger charge is 2.30. The van der Waals surface area contributed by atoms with Crippen molar-refractivity contribution in [3.05, 3.63) is 61.7 Å². The number of phenolic OH excluding ortho intramolecular Hbond substituents is 2. The van der Waals surface area contributed by atoms with Crippen LogP contribution in [0.4, 0.5) is 5.69 Å². The maximum absolute atomic E-state index is 12.7. The molecule has 0 atom stereocenters. The summed E-state index contributed by atoms with van der Waals surface area (Å²) in [4.78, 5) is 23.0. The number of rotatable bonds is 5. The molecule has 2 N–H and O–H groups in total. The first kappa shape index (κ1) is 21.2. The molecule has 3 rings (SSSR count). The lowest BCUT2D eigenvalue weighted by Gasteiger charge is -2.09. The number of hydrogen-bond acceptors (Lipinski definition) is 8. The molecular formula is C18H12Cl2N2O8. The Bertz CT molecular complexity index is 1150. The van der Waals surface area contributed by atoms with Crippen molar-refractivity contribution in [1.29, 1.82) is 0 Å². The lowest BCUT2D eigenvalue weighted by molar-refractivity contribution is -0.605. The Morgan fingerprint density at radius 3 is 2.47 bits per heavy atom. The molecule has 12 heteroatoms. The molecule has 10 nitrogen and oxygen atoms in total. The van der Waals surface area contributed by atoms with Gasteiger partial charge in [0.25, 0.3) is 0 Å². The van der Waals surface area contributed by atoms with E-state index in [1.165, 1.54) is 0 Å². The van der Waals surface area contributed by atoms with Gasteiger partial charge in [0.1, 0.15) is 15.6 Å². The van der Waals surface area contributed by atoms with Crippen LogP contribution in [-0.4, -0.2) is 27.7 Å².